The Kier molecular flexibility index (Phi) is 4.59. The zero-order valence-electron chi connectivity index (χ0n) is 14.2. The third-order valence-electron chi connectivity index (χ3n) is 4.80. The maximum atomic E-state index is 5.41. The van der Waals surface area contributed by atoms with Crippen molar-refractivity contribution in [1.29, 1.82) is 0 Å². The van der Waals surface area contributed by atoms with Crippen LogP contribution in [0.15, 0.2) is 6.20 Å². The number of nitrogens with one attached hydrogen (secondary N) is 1. The van der Waals surface area contributed by atoms with E-state index in [1.165, 1.54) is 11.3 Å². The highest BCUT2D eigenvalue weighted by atomic mass is 16.5. The fraction of sp³-hybridized carbons (Fsp3) is 0.688. The minimum Gasteiger partial charge on any atom is -0.379 e. The number of aromatic nitrogens is 5. The molecule has 0 aliphatic carbocycles. The normalized spacial score (nSPS) is 18.7. The summed E-state index contributed by atoms with van der Waals surface area (Å²) in [4.78, 5) is 2.48. The molecule has 2 aromatic rings. The molecule has 8 heteroatoms. The van der Waals surface area contributed by atoms with Gasteiger partial charge in [-0.05, 0) is 6.42 Å². The van der Waals surface area contributed by atoms with Gasteiger partial charge in [-0.2, -0.15) is 5.10 Å². The van der Waals surface area contributed by atoms with Crippen LogP contribution in [0.1, 0.15) is 17.7 Å². The molecule has 0 aromatic carbocycles. The molecule has 1 N–H and O–H groups in total. The van der Waals surface area contributed by atoms with Crippen molar-refractivity contribution < 1.29 is 4.74 Å². The molecule has 0 radical (unpaired) electrons. The van der Waals surface area contributed by atoms with Crippen molar-refractivity contribution >= 4 is 0 Å². The Morgan fingerprint density at radius 2 is 2.12 bits per heavy atom. The maximum Gasteiger partial charge on any atom is 0.133 e. The van der Waals surface area contributed by atoms with Crippen LogP contribution < -0.4 is 5.32 Å². The van der Waals surface area contributed by atoms with Crippen molar-refractivity contribution in [3.8, 4) is 11.4 Å². The molecule has 4 rings (SSSR count). The lowest BCUT2D eigenvalue weighted by atomic mass is 10.1. The van der Waals surface area contributed by atoms with E-state index < -0.39 is 0 Å². The summed E-state index contributed by atoms with van der Waals surface area (Å²) in [6, 6.07) is 0. The van der Waals surface area contributed by atoms with E-state index in [2.05, 4.69) is 25.2 Å². The van der Waals surface area contributed by atoms with E-state index in [9.17, 15) is 0 Å². The lowest BCUT2D eigenvalue weighted by molar-refractivity contribution is 0.0368. The highest BCUT2D eigenvalue weighted by molar-refractivity contribution is 5.59. The summed E-state index contributed by atoms with van der Waals surface area (Å²) in [5, 5.41) is 16.6. The van der Waals surface area contributed by atoms with Gasteiger partial charge in [0.15, 0.2) is 0 Å². The Balaban J connectivity index is 1.49. The molecule has 2 aliphatic heterocycles. The van der Waals surface area contributed by atoms with E-state index in [0.717, 1.165) is 76.7 Å². The Morgan fingerprint density at radius 3 is 2.92 bits per heavy atom. The SMILES string of the molecule is Cn1cc(-c2nn(CCCN3CCOCC3)c3c2CNCC3)nn1. The fourth-order valence-corrected chi connectivity index (χ4v) is 3.54. The van der Waals surface area contributed by atoms with Gasteiger partial charge in [0.25, 0.3) is 0 Å². The van der Waals surface area contributed by atoms with E-state index in [-0.39, 0.29) is 0 Å². The lowest BCUT2D eigenvalue weighted by Crippen LogP contribution is -2.37. The monoisotopic (exact) mass is 331 g/mol. The highest BCUT2D eigenvalue weighted by Gasteiger charge is 2.23. The van der Waals surface area contributed by atoms with E-state index >= 15 is 0 Å². The van der Waals surface area contributed by atoms with Crippen LogP contribution in [0.25, 0.3) is 11.4 Å². The largest absolute Gasteiger partial charge is 0.379 e. The molecule has 0 unspecified atom stereocenters. The van der Waals surface area contributed by atoms with Gasteiger partial charge in [0.1, 0.15) is 11.4 Å². The Labute approximate surface area is 141 Å². The zero-order chi connectivity index (χ0) is 16.4. The van der Waals surface area contributed by atoms with Crippen molar-refractivity contribution in [3.05, 3.63) is 17.5 Å². The first-order valence-corrected chi connectivity index (χ1v) is 8.77. The van der Waals surface area contributed by atoms with Crippen LogP contribution >= 0.6 is 0 Å². The molecular weight excluding hydrogens is 306 g/mol. The van der Waals surface area contributed by atoms with Gasteiger partial charge in [-0.1, -0.05) is 5.21 Å². The molecule has 0 spiro atoms. The zero-order valence-corrected chi connectivity index (χ0v) is 14.2. The molecule has 8 nitrogen and oxygen atoms in total. The quantitative estimate of drug-likeness (QED) is 0.834. The lowest BCUT2D eigenvalue weighted by Gasteiger charge is -2.26. The van der Waals surface area contributed by atoms with Crippen LogP contribution in [0.3, 0.4) is 0 Å². The summed E-state index contributed by atoms with van der Waals surface area (Å²) in [6.45, 7) is 7.76. The molecule has 1 fully saturated rings. The summed E-state index contributed by atoms with van der Waals surface area (Å²) < 4.78 is 9.34. The molecule has 0 saturated carbocycles. The van der Waals surface area contributed by atoms with Crippen LogP contribution in [-0.2, 0) is 31.3 Å². The van der Waals surface area contributed by atoms with Gasteiger partial charge in [-0.15, -0.1) is 5.10 Å². The number of ether oxygens (including phenoxy) is 1. The van der Waals surface area contributed by atoms with Crippen molar-refractivity contribution in [2.75, 3.05) is 39.4 Å². The van der Waals surface area contributed by atoms with E-state index in [1.807, 2.05) is 13.2 Å². The number of nitrogens with zero attached hydrogens (tertiary/aromatic N) is 6. The third kappa shape index (κ3) is 3.22. The summed E-state index contributed by atoms with van der Waals surface area (Å²) >= 11 is 0. The van der Waals surface area contributed by atoms with Gasteiger partial charge in [0, 0.05) is 64.0 Å². The number of rotatable bonds is 5. The third-order valence-corrected chi connectivity index (χ3v) is 4.80. The van der Waals surface area contributed by atoms with Crippen LogP contribution in [0, 0.1) is 0 Å². The standard InChI is InChI=1S/C16H25N7O/c1-21-12-14(18-20-21)16-13-11-17-4-3-15(13)23(19-16)6-2-5-22-7-9-24-10-8-22/h12,17H,2-11H2,1H3. The van der Waals surface area contributed by atoms with Crippen molar-refractivity contribution in [1.82, 2.24) is 35.0 Å². The van der Waals surface area contributed by atoms with Crippen molar-refractivity contribution in [3.63, 3.8) is 0 Å². The Hall–Kier alpha value is -1.77. The van der Waals surface area contributed by atoms with Gasteiger partial charge in [-0.25, -0.2) is 0 Å². The van der Waals surface area contributed by atoms with Gasteiger partial charge in [0.05, 0.1) is 19.4 Å². The number of hydrogen-bond acceptors (Lipinski definition) is 6. The van der Waals surface area contributed by atoms with Gasteiger partial charge >= 0.3 is 0 Å². The molecule has 0 amide bonds. The van der Waals surface area contributed by atoms with Crippen LogP contribution in [0.4, 0.5) is 0 Å². The van der Waals surface area contributed by atoms with Crippen molar-refractivity contribution in [2.45, 2.75) is 25.9 Å². The smallest absolute Gasteiger partial charge is 0.133 e. The van der Waals surface area contributed by atoms with Gasteiger partial charge in [-0.3, -0.25) is 14.3 Å². The summed E-state index contributed by atoms with van der Waals surface area (Å²) in [5.41, 5.74) is 4.49. The predicted octanol–water partition coefficient (Wildman–Crippen LogP) is 0.0466. The number of aryl methyl sites for hydroxylation is 2. The van der Waals surface area contributed by atoms with Gasteiger partial charge < -0.3 is 10.1 Å². The van der Waals surface area contributed by atoms with Gasteiger partial charge in [0.2, 0.25) is 0 Å². The van der Waals surface area contributed by atoms with E-state index in [0.29, 0.717) is 0 Å². The topological polar surface area (TPSA) is 73.0 Å². The molecule has 2 aliphatic rings. The number of fused-ring (bicyclic) bond motifs is 1. The van der Waals surface area contributed by atoms with Crippen molar-refractivity contribution in [2.24, 2.45) is 7.05 Å². The molecule has 0 atom stereocenters. The van der Waals surface area contributed by atoms with Crippen LogP contribution in [0.5, 0.6) is 0 Å². The summed E-state index contributed by atoms with van der Waals surface area (Å²) in [6.07, 6.45) is 4.08. The second kappa shape index (κ2) is 7.00. The molecular formula is C16H25N7O. The first-order chi connectivity index (χ1) is 11.8. The average Bonchev–Trinajstić information content (AvgIpc) is 3.20. The molecule has 2 aromatic heterocycles. The maximum absolute atomic E-state index is 5.41. The summed E-state index contributed by atoms with van der Waals surface area (Å²) in [5.74, 6) is 0. The number of hydrogen-bond donors (Lipinski definition) is 1. The van der Waals surface area contributed by atoms with E-state index in [4.69, 9.17) is 9.84 Å². The molecule has 24 heavy (non-hydrogen) atoms. The summed E-state index contributed by atoms with van der Waals surface area (Å²) in [7, 11) is 1.89. The Morgan fingerprint density at radius 1 is 1.25 bits per heavy atom. The first-order valence-electron chi connectivity index (χ1n) is 8.77. The second-order valence-electron chi connectivity index (χ2n) is 6.51. The molecule has 130 valence electrons. The first kappa shape index (κ1) is 15.7. The highest BCUT2D eigenvalue weighted by Crippen LogP contribution is 2.26. The van der Waals surface area contributed by atoms with Crippen LogP contribution in [-0.4, -0.2) is 69.1 Å². The minimum absolute atomic E-state index is 0.861. The fourth-order valence-electron chi connectivity index (χ4n) is 3.54. The average molecular weight is 331 g/mol. The minimum atomic E-state index is 0.861. The second-order valence-corrected chi connectivity index (χ2v) is 6.51. The molecule has 0 bridgehead atoms. The number of morpholine rings is 1. The molecule has 4 heterocycles. The molecule has 1 saturated heterocycles. The Bertz CT molecular complexity index is 687. The van der Waals surface area contributed by atoms with Crippen LogP contribution in [0.2, 0.25) is 0 Å². The predicted molar refractivity (Wildman–Crippen MR) is 89.5 cm³/mol. The van der Waals surface area contributed by atoms with E-state index in [1.54, 1.807) is 4.68 Å².